The molecular weight excluding hydrogens is 359 g/mol. The van der Waals surface area contributed by atoms with Crippen LogP contribution in [0.25, 0.3) is 0 Å². The van der Waals surface area contributed by atoms with Crippen LogP contribution >= 0.6 is 15.9 Å². The Balaban J connectivity index is 1.70. The van der Waals surface area contributed by atoms with Crippen molar-refractivity contribution in [1.29, 1.82) is 0 Å². The maximum absolute atomic E-state index is 13.3. The number of hydrogen-bond donors (Lipinski definition) is 1. The number of para-hydroxylation sites is 1. The standard InChI is InChI=1S/C18H20BrFN2O/c1-22(17-7-3-2-4-8-17)10-6-5-9-21-18(23)14-11-15(19)13-16(20)12-14/h2-4,7-8,11-13H,5-6,9-10H2,1H3,(H,21,23). The summed E-state index contributed by atoms with van der Waals surface area (Å²) in [6, 6.07) is 14.4. The molecule has 1 amide bonds. The van der Waals surface area contributed by atoms with Gasteiger partial charge in [-0.25, -0.2) is 4.39 Å². The molecule has 0 aliphatic rings. The SMILES string of the molecule is CN(CCCCNC(=O)c1cc(F)cc(Br)c1)c1ccccc1. The third kappa shape index (κ3) is 5.67. The number of nitrogens with zero attached hydrogens (tertiary/aromatic N) is 1. The van der Waals surface area contributed by atoms with Crippen molar-refractivity contribution < 1.29 is 9.18 Å². The molecule has 23 heavy (non-hydrogen) atoms. The van der Waals surface area contributed by atoms with Crippen molar-refractivity contribution in [2.24, 2.45) is 0 Å². The summed E-state index contributed by atoms with van der Waals surface area (Å²) in [5.74, 6) is -0.671. The summed E-state index contributed by atoms with van der Waals surface area (Å²) in [5.41, 5.74) is 1.51. The van der Waals surface area contributed by atoms with Crippen molar-refractivity contribution in [2.45, 2.75) is 12.8 Å². The highest BCUT2D eigenvalue weighted by Crippen LogP contribution is 2.15. The van der Waals surface area contributed by atoms with E-state index in [2.05, 4.69) is 45.3 Å². The Kier molecular flexibility index (Phi) is 6.59. The number of hydrogen-bond acceptors (Lipinski definition) is 2. The molecule has 0 aliphatic heterocycles. The monoisotopic (exact) mass is 378 g/mol. The Hall–Kier alpha value is -1.88. The van der Waals surface area contributed by atoms with Gasteiger partial charge >= 0.3 is 0 Å². The third-order valence-electron chi connectivity index (χ3n) is 3.53. The fraction of sp³-hybridized carbons (Fsp3) is 0.278. The number of carbonyl (C=O) groups excluding carboxylic acids is 1. The predicted octanol–water partition coefficient (Wildman–Crippen LogP) is 4.23. The van der Waals surface area contributed by atoms with Gasteiger partial charge in [0.15, 0.2) is 0 Å². The van der Waals surface area contributed by atoms with Gasteiger partial charge in [0.2, 0.25) is 0 Å². The Morgan fingerprint density at radius 2 is 1.91 bits per heavy atom. The van der Waals surface area contributed by atoms with Gasteiger partial charge < -0.3 is 10.2 Å². The molecule has 122 valence electrons. The van der Waals surface area contributed by atoms with E-state index in [4.69, 9.17) is 0 Å². The lowest BCUT2D eigenvalue weighted by Gasteiger charge is -2.19. The number of rotatable bonds is 7. The van der Waals surface area contributed by atoms with Crippen molar-refractivity contribution in [3.8, 4) is 0 Å². The highest BCUT2D eigenvalue weighted by atomic mass is 79.9. The molecule has 0 unspecified atom stereocenters. The fourth-order valence-corrected chi connectivity index (χ4v) is 2.74. The third-order valence-corrected chi connectivity index (χ3v) is 3.99. The van der Waals surface area contributed by atoms with Gasteiger partial charge in [-0.1, -0.05) is 34.1 Å². The zero-order valence-corrected chi connectivity index (χ0v) is 14.6. The van der Waals surface area contributed by atoms with Crippen LogP contribution in [-0.2, 0) is 0 Å². The summed E-state index contributed by atoms with van der Waals surface area (Å²) < 4.78 is 13.8. The van der Waals surface area contributed by atoms with Crippen LogP contribution < -0.4 is 10.2 Å². The van der Waals surface area contributed by atoms with Crippen molar-refractivity contribution >= 4 is 27.5 Å². The van der Waals surface area contributed by atoms with Crippen molar-refractivity contribution in [1.82, 2.24) is 5.32 Å². The molecule has 0 aliphatic carbocycles. The molecule has 0 aromatic heterocycles. The molecule has 0 bridgehead atoms. The number of benzene rings is 2. The van der Waals surface area contributed by atoms with E-state index in [1.807, 2.05) is 18.2 Å². The van der Waals surface area contributed by atoms with E-state index < -0.39 is 5.82 Å². The molecule has 0 atom stereocenters. The molecule has 0 spiro atoms. The maximum Gasteiger partial charge on any atom is 0.251 e. The van der Waals surface area contributed by atoms with Gasteiger partial charge in [-0.3, -0.25) is 4.79 Å². The molecule has 3 nitrogen and oxygen atoms in total. The lowest BCUT2D eigenvalue weighted by Crippen LogP contribution is -2.26. The molecule has 2 rings (SSSR count). The van der Waals surface area contributed by atoms with Gasteiger partial charge in [-0.2, -0.15) is 0 Å². The summed E-state index contributed by atoms with van der Waals surface area (Å²) in [6.45, 7) is 1.50. The Morgan fingerprint density at radius 3 is 2.61 bits per heavy atom. The normalized spacial score (nSPS) is 10.4. The molecular formula is C18H20BrFN2O. The van der Waals surface area contributed by atoms with Crippen molar-refractivity contribution in [2.75, 3.05) is 25.0 Å². The first-order chi connectivity index (χ1) is 11.1. The molecule has 2 aromatic carbocycles. The minimum absolute atomic E-state index is 0.249. The Labute approximate surface area is 144 Å². The zero-order chi connectivity index (χ0) is 16.7. The van der Waals surface area contributed by atoms with Gasteiger partial charge in [0.1, 0.15) is 5.82 Å². The van der Waals surface area contributed by atoms with Gasteiger partial charge in [0.05, 0.1) is 0 Å². The van der Waals surface area contributed by atoms with Gasteiger partial charge in [-0.05, 0) is 43.2 Å². The van der Waals surface area contributed by atoms with E-state index in [0.29, 0.717) is 16.6 Å². The van der Waals surface area contributed by atoms with Crippen molar-refractivity contribution in [3.05, 3.63) is 64.4 Å². The van der Waals surface area contributed by atoms with Crippen LogP contribution in [0, 0.1) is 5.82 Å². The number of carbonyl (C=O) groups is 1. The maximum atomic E-state index is 13.3. The molecule has 0 saturated heterocycles. The van der Waals surface area contributed by atoms with Crippen LogP contribution in [-0.4, -0.2) is 26.0 Å². The number of anilines is 1. The summed E-state index contributed by atoms with van der Waals surface area (Å²) in [6.07, 6.45) is 1.85. The molecule has 0 heterocycles. The van der Waals surface area contributed by atoms with Crippen LogP contribution in [0.4, 0.5) is 10.1 Å². The molecule has 1 N–H and O–H groups in total. The van der Waals surface area contributed by atoms with Crippen LogP contribution in [0.15, 0.2) is 53.0 Å². The van der Waals surface area contributed by atoms with Crippen LogP contribution in [0.5, 0.6) is 0 Å². The number of nitrogens with one attached hydrogen (secondary N) is 1. The van der Waals surface area contributed by atoms with E-state index in [-0.39, 0.29) is 5.91 Å². The first-order valence-electron chi connectivity index (χ1n) is 7.57. The first kappa shape index (κ1) is 17.5. The van der Waals surface area contributed by atoms with E-state index >= 15 is 0 Å². The predicted molar refractivity (Wildman–Crippen MR) is 95.4 cm³/mol. The Morgan fingerprint density at radius 1 is 1.17 bits per heavy atom. The first-order valence-corrected chi connectivity index (χ1v) is 8.36. The van der Waals surface area contributed by atoms with E-state index in [1.54, 1.807) is 6.07 Å². The summed E-state index contributed by atoms with van der Waals surface area (Å²) in [5, 5.41) is 2.82. The highest BCUT2D eigenvalue weighted by Gasteiger charge is 2.07. The van der Waals surface area contributed by atoms with E-state index in [1.165, 1.54) is 17.8 Å². The summed E-state index contributed by atoms with van der Waals surface area (Å²) >= 11 is 3.19. The molecule has 2 aromatic rings. The summed E-state index contributed by atoms with van der Waals surface area (Å²) in [7, 11) is 2.05. The van der Waals surface area contributed by atoms with E-state index in [9.17, 15) is 9.18 Å². The van der Waals surface area contributed by atoms with Crippen LogP contribution in [0.1, 0.15) is 23.2 Å². The Bertz CT molecular complexity index is 628. The van der Waals surface area contributed by atoms with Crippen LogP contribution in [0.3, 0.4) is 0 Å². The second-order valence-corrected chi connectivity index (χ2v) is 6.29. The number of halogens is 2. The van der Waals surface area contributed by atoms with E-state index in [0.717, 1.165) is 19.4 Å². The molecule has 0 saturated carbocycles. The molecule has 5 heteroatoms. The average molecular weight is 379 g/mol. The average Bonchev–Trinajstić information content (AvgIpc) is 2.54. The quantitative estimate of drug-likeness (QED) is 0.730. The largest absolute Gasteiger partial charge is 0.375 e. The second-order valence-electron chi connectivity index (χ2n) is 5.38. The molecule has 0 fully saturated rings. The highest BCUT2D eigenvalue weighted by molar-refractivity contribution is 9.10. The zero-order valence-electron chi connectivity index (χ0n) is 13.1. The smallest absolute Gasteiger partial charge is 0.251 e. The topological polar surface area (TPSA) is 32.3 Å². The van der Waals surface area contributed by atoms with Gasteiger partial charge in [0.25, 0.3) is 5.91 Å². The second kappa shape index (κ2) is 8.67. The lowest BCUT2D eigenvalue weighted by atomic mass is 10.2. The van der Waals surface area contributed by atoms with Crippen molar-refractivity contribution in [3.63, 3.8) is 0 Å². The van der Waals surface area contributed by atoms with Crippen LogP contribution in [0.2, 0.25) is 0 Å². The van der Waals surface area contributed by atoms with Gasteiger partial charge in [-0.15, -0.1) is 0 Å². The lowest BCUT2D eigenvalue weighted by molar-refractivity contribution is 0.0952. The molecule has 0 radical (unpaired) electrons. The summed E-state index contributed by atoms with van der Waals surface area (Å²) in [4.78, 5) is 14.1. The number of unbranched alkanes of at least 4 members (excludes halogenated alkanes) is 1. The van der Waals surface area contributed by atoms with Gasteiger partial charge in [0, 0.05) is 35.9 Å². The minimum Gasteiger partial charge on any atom is -0.375 e. The fourth-order valence-electron chi connectivity index (χ4n) is 2.27. The minimum atomic E-state index is -0.422. The number of amides is 1.